The third kappa shape index (κ3) is 1.77. The number of pyridine rings is 1. The van der Waals surface area contributed by atoms with Crippen LogP contribution in [0.1, 0.15) is 19.0 Å². The van der Waals surface area contributed by atoms with Crippen LogP contribution in [0.15, 0.2) is 24.4 Å². The van der Waals surface area contributed by atoms with Gasteiger partial charge in [0.25, 0.3) is 0 Å². The van der Waals surface area contributed by atoms with Crippen molar-refractivity contribution in [2.75, 3.05) is 0 Å². The van der Waals surface area contributed by atoms with Gasteiger partial charge in [0.15, 0.2) is 0 Å². The Hall–Kier alpha value is -1.35. The Morgan fingerprint density at radius 1 is 1.57 bits per heavy atom. The minimum absolute atomic E-state index is 0.261. The topological polar surface area (TPSA) is 48.9 Å². The Labute approximate surface area is 82.8 Å². The standard InChI is InChI=1S/C11H14N2O/c1-2-10(14)7-9-6-8-4-3-5-12-11(8)13-9/h3-6,10,14H,2,7H2,1H3,(H,12,13). The van der Waals surface area contributed by atoms with Crippen LogP contribution < -0.4 is 0 Å². The van der Waals surface area contributed by atoms with Crippen molar-refractivity contribution in [2.24, 2.45) is 0 Å². The van der Waals surface area contributed by atoms with E-state index in [1.807, 2.05) is 25.1 Å². The Balaban J connectivity index is 2.27. The predicted octanol–water partition coefficient (Wildman–Crippen LogP) is 1.88. The number of hydrogen-bond acceptors (Lipinski definition) is 2. The fourth-order valence-corrected chi connectivity index (χ4v) is 1.52. The number of aromatic amines is 1. The van der Waals surface area contributed by atoms with E-state index in [0.29, 0.717) is 6.42 Å². The molecule has 0 amide bonds. The quantitative estimate of drug-likeness (QED) is 0.776. The molecule has 0 bridgehead atoms. The van der Waals surface area contributed by atoms with E-state index in [0.717, 1.165) is 23.1 Å². The summed E-state index contributed by atoms with van der Waals surface area (Å²) in [7, 11) is 0. The van der Waals surface area contributed by atoms with Gasteiger partial charge >= 0.3 is 0 Å². The van der Waals surface area contributed by atoms with Gasteiger partial charge < -0.3 is 10.1 Å². The second-order valence-electron chi connectivity index (χ2n) is 3.50. The van der Waals surface area contributed by atoms with Crippen molar-refractivity contribution in [1.82, 2.24) is 9.97 Å². The van der Waals surface area contributed by atoms with E-state index in [2.05, 4.69) is 9.97 Å². The Bertz CT molecular complexity index is 389. The minimum atomic E-state index is -0.261. The number of rotatable bonds is 3. The third-order valence-electron chi connectivity index (χ3n) is 2.37. The van der Waals surface area contributed by atoms with Crippen LogP contribution in [0.5, 0.6) is 0 Å². The average Bonchev–Trinajstić information content (AvgIpc) is 2.59. The summed E-state index contributed by atoms with van der Waals surface area (Å²) in [6.45, 7) is 1.98. The van der Waals surface area contributed by atoms with E-state index >= 15 is 0 Å². The molecule has 2 rings (SSSR count). The molecule has 2 aromatic heterocycles. The second kappa shape index (κ2) is 3.80. The molecular weight excluding hydrogens is 176 g/mol. The van der Waals surface area contributed by atoms with Crippen LogP contribution in [0.3, 0.4) is 0 Å². The normalized spacial score (nSPS) is 13.3. The molecule has 0 aliphatic heterocycles. The number of aliphatic hydroxyl groups is 1. The molecule has 0 saturated carbocycles. The molecule has 74 valence electrons. The summed E-state index contributed by atoms with van der Waals surface area (Å²) in [6.07, 6.45) is 2.96. The molecule has 14 heavy (non-hydrogen) atoms. The molecule has 1 unspecified atom stereocenters. The van der Waals surface area contributed by atoms with Crippen LogP contribution in [-0.4, -0.2) is 21.2 Å². The van der Waals surface area contributed by atoms with Crippen molar-refractivity contribution in [1.29, 1.82) is 0 Å². The molecule has 2 heterocycles. The highest BCUT2D eigenvalue weighted by Gasteiger charge is 2.05. The van der Waals surface area contributed by atoms with Gasteiger partial charge in [-0.15, -0.1) is 0 Å². The van der Waals surface area contributed by atoms with Gasteiger partial charge in [-0.1, -0.05) is 6.92 Å². The first kappa shape index (κ1) is 9.21. The predicted molar refractivity (Wildman–Crippen MR) is 56.1 cm³/mol. The van der Waals surface area contributed by atoms with Crippen molar-refractivity contribution in [3.05, 3.63) is 30.1 Å². The van der Waals surface area contributed by atoms with Crippen LogP contribution >= 0.6 is 0 Å². The average molecular weight is 190 g/mol. The van der Waals surface area contributed by atoms with Crippen molar-refractivity contribution in [3.63, 3.8) is 0 Å². The monoisotopic (exact) mass is 190 g/mol. The van der Waals surface area contributed by atoms with Gasteiger partial charge in [-0.3, -0.25) is 0 Å². The van der Waals surface area contributed by atoms with Crippen LogP contribution in [0, 0.1) is 0 Å². The summed E-state index contributed by atoms with van der Waals surface area (Å²) in [5.41, 5.74) is 1.94. The van der Waals surface area contributed by atoms with E-state index in [-0.39, 0.29) is 6.10 Å². The second-order valence-corrected chi connectivity index (χ2v) is 3.50. The summed E-state index contributed by atoms with van der Waals surface area (Å²) < 4.78 is 0. The SMILES string of the molecule is CCC(O)Cc1cc2cccnc2[nH]1. The number of H-pyrrole nitrogens is 1. The van der Waals surface area contributed by atoms with Crippen LogP contribution in [0.4, 0.5) is 0 Å². The number of nitrogens with zero attached hydrogens (tertiary/aromatic N) is 1. The maximum atomic E-state index is 9.50. The van der Waals surface area contributed by atoms with Crippen LogP contribution in [-0.2, 0) is 6.42 Å². The lowest BCUT2D eigenvalue weighted by Gasteiger charge is -2.04. The highest BCUT2D eigenvalue weighted by Crippen LogP contribution is 2.13. The van der Waals surface area contributed by atoms with Crippen molar-refractivity contribution >= 4 is 11.0 Å². The van der Waals surface area contributed by atoms with Gasteiger partial charge in [0.05, 0.1) is 6.10 Å². The zero-order valence-electron chi connectivity index (χ0n) is 8.20. The first-order chi connectivity index (χ1) is 6.79. The molecule has 3 nitrogen and oxygen atoms in total. The highest BCUT2D eigenvalue weighted by atomic mass is 16.3. The maximum absolute atomic E-state index is 9.50. The molecule has 0 saturated heterocycles. The van der Waals surface area contributed by atoms with E-state index < -0.39 is 0 Å². The summed E-state index contributed by atoms with van der Waals surface area (Å²) in [6, 6.07) is 5.97. The lowest BCUT2D eigenvalue weighted by atomic mass is 10.1. The summed E-state index contributed by atoms with van der Waals surface area (Å²) in [5.74, 6) is 0. The first-order valence-electron chi connectivity index (χ1n) is 4.90. The Morgan fingerprint density at radius 2 is 2.43 bits per heavy atom. The largest absolute Gasteiger partial charge is 0.393 e. The number of nitrogens with one attached hydrogen (secondary N) is 1. The maximum Gasteiger partial charge on any atom is 0.137 e. The van der Waals surface area contributed by atoms with Crippen molar-refractivity contribution in [2.45, 2.75) is 25.9 Å². The molecule has 3 heteroatoms. The van der Waals surface area contributed by atoms with E-state index in [9.17, 15) is 5.11 Å². The fraction of sp³-hybridized carbons (Fsp3) is 0.364. The highest BCUT2D eigenvalue weighted by molar-refractivity contribution is 5.76. The van der Waals surface area contributed by atoms with E-state index in [1.54, 1.807) is 6.20 Å². The Kier molecular flexibility index (Phi) is 2.50. The van der Waals surface area contributed by atoms with Gasteiger partial charge in [0, 0.05) is 23.7 Å². The lowest BCUT2D eigenvalue weighted by molar-refractivity contribution is 0.170. The molecule has 2 N–H and O–H groups in total. The third-order valence-corrected chi connectivity index (χ3v) is 2.37. The summed E-state index contributed by atoms with van der Waals surface area (Å²) >= 11 is 0. The summed E-state index contributed by atoms with van der Waals surface area (Å²) in [4.78, 5) is 7.39. The smallest absolute Gasteiger partial charge is 0.137 e. The molecule has 0 fully saturated rings. The van der Waals surface area contributed by atoms with Gasteiger partial charge in [-0.25, -0.2) is 4.98 Å². The van der Waals surface area contributed by atoms with Crippen LogP contribution in [0.25, 0.3) is 11.0 Å². The number of aliphatic hydroxyl groups excluding tert-OH is 1. The van der Waals surface area contributed by atoms with Crippen molar-refractivity contribution in [3.8, 4) is 0 Å². The first-order valence-corrected chi connectivity index (χ1v) is 4.90. The minimum Gasteiger partial charge on any atom is -0.393 e. The number of hydrogen-bond donors (Lipinski definition) is 2. The number of aromatic nitrogens is 2. The molecule has 2 aromatic rings. The molecular formula is C11H14N2O. The van der Waals surface area contributed by atoms with Gasteiger partial charge in [-0.05, 0) is 24.6 Å². The van der Waals surface area contributed by atoms with Gasteiger partial charge in [0.2, 0.25) is 0 Å². The molecule has 0 spiro atoms. The fourth-order valence-electron chi connectivity index (χ4n) is 1.52. The van der Waals surface area contributed by atoms with E-state index in [4.69, 9.17) is 0 Å². The van der Waals surface area contributed by atoms with E-state index in [1.165, 1.54) is 0 Å². The van der Waals surface area contributed by atoms with Gasteiger partial charge in [0.1, 0.15) is 5.65 Å². The molecule has 0 aromatic carbocycles. The zero-order valence-corrected chi connectivity index (χ0v) is 8.20. The van der Waals surface area contributed by atoms with Gasteiger partial charge in [-0.2, -0.15) is 0 Å². The molecule has 0 aliphatic carbocycles. The molecule has 0 radical (unpaired) electrons. The molecule has 0 aliphatic rings. The van der Waals surface area contributed by atoms with Crippen LogP contribution in [0.2, 0.25) is 0 Å². The van der Waals surface area contributed by atoms with Crippen molar-refractivity contribution < 1.29 is 5.11 Å². The Morgan fingerprint density at radius 3 is 3.14 bits per heavy atom. The zero-order chi connectivity index (χ0) is 9.97. The summed E-state index contributed by atoms with van der Waals surface area (Å²) in [5, 5.41) is 10.6. The molecule has 1 atom stereocenters. The lowest BCUT2D eigenvalue weighted by Crippen LogP contribution is -2.08. The number of fused-ring (bicyclic) bond motifs is 1.